The van der Waals surface area contributed by atoms with Gasteiger partial charge in [-0.1, -0.05) is 29.8 Å². The summed E-state index contributed by atoms with van der Waals surface area (Å²) in [6.45, 7) is 10.00. The highest BCUT2D eigenvalue weighted by molar-refractivity contribution is 6.35. The number of hydrogen-bond donors (Lipinski definition) is 1. The number of carbonyl (C=O) groups is 3. The summed E-state index contributed by atoms with van der Waals surface area (Å²) in [5.41, 5.74) is 2.95. The first-order valence-corrected chi connectivity index (χ1v) is 14.5. The lowest BCUT2D eigenvalue weighted by Crippen LogP contribution is -2.55. The fraction of sp³-hybridized carbons (Fsp3) is 0.364. The topological polar surface area (TPSA) is 97.4 Å². The summed E-state index contributed by atoms with van der Waals surface area (Å²) >= 11 is 6.26. The van der Waals surface area contributed by atoms with Gasteiger partial charge in [-0.05, 0) is 93.8 Å². The van der Waals surface area contributed by atoms with Crippen LogP contribution in [0.1, 0.15) is 49.1 Å². The molecular weight excluding hydrogens is 570 g/mol. The third-order valence-electron chi connectivity index (χ3n) is 7.16. The molecule has 3 amide bonds. The van der Waals surface area contributed by atoms with Crippen molar-refractivity contribution in [2.24, 2.45) is 0 Å². The number of carbonyl (C=O) groups excluding carboxylic acids is 3. The molecule has 0 spiro atoms. The lowest BCUT2D eigenvalue weighted by atomic mass is 10.0. The van der Waals surface area contributed by atoms with E-state index in [2.05, 4.69) is 5.32 Å². The van der Waals surface area contributed by atoms with Crippen molar-refractivity contribution in [1.82, 2.24) is 15.1 Å². The summed E-state index contributed by atoms with van der Waals surface area (Å²) < 4.78 is 16.9. The summed E-state index contributed by atoms with van der Waals surface area (Å²) in [5.74, 6) is 0.339. The van der Waals surface area contributed by atoms with Crippen molar-refractivity contribution in [2.75, 3.05) is 26.7 Å². The van der Waals surface area contributed by atoms with E-state index >= 15 is 0 Å². The average Bonchev–Trinajstić information content (AvgIpc) is 2.97. The summed E-state index contributed by atoms with van der Waals surface area (Å²) in [4.78, 5) is 42.7. The van der Waals surface area contributed by atoms with Crippen LogP contribution in [0.25, 0.3) is 0 Å². The number of nitrogens with one attached hydrogen (secondary N) is 1. The van der Waals surface area contributed by atoms with Crippen LogP contribution < -0.4 is 14.8 Å². The quantitative estimate of drug-likeness (QED) is 0.335. The molecule has 4 rings (SSSR count). The molecule has 0 aliphatic carbocycles. The molecule has 1 aliphatic rings. The third kappa shape index (κ3) is 8.20. The molecule has 0 bridgehead atoms. The Morgan fingerprint density at radius 1 is 0.930 bits per heavy atom. The van der Waals surface area contributed by atoms with Gasteiger partial charge in [0.05, 0.1) is 13.2 Å². The lowest BCUT2D eigenvalue weighted by molar-refractivity contribution is -0.149. The summed E-state index contributed by atoms with van der Waals surface area (Å²) in [7, 11) is 1.57. The Balaban J connectivity index is 1.50. The van der Waals surface area contributed by atoms with Gasteiger partial charge in [-0.2, -0.15) is 0 Å². The Bertz CT molecular complexity index is 1480. The van der Waals surface area contributed by atoms with E-state index in [4.69, 9.17) is 25.8 Å². The van der Waals surface area contributed by atoms with E-state index < -0.39 is 29.6 Å². The Kier molecular flexibility index (Phi) is 9.86. The van der Waals surface area contributed by atoms with Gasteiger partial charge in [0.15, 0.2) is 0 Å². The second kappa shape index (κ2) is 13.4. The standard InChI is InChI=1S/C33H38ClN3O6/c1-21-7-11-27(17-22(21)2)42-29-14-10-25(34)18-24(29)19-35-30(38)31(39)37-16-15-36(32(40)43-33(3,4)5)20-28(37)23-8-12-26(41-6)13-9-23/h7-14,17-18,28H,15-16,19-20H2,1-6H3,(H,35,38). The largest absolute Gasteiger partial charge is 0.497 e. The average molecular weight is 608 g/mol. The predicted molar refractivity (Wildman–Crippen MR) is 165 cm³/mol. The zero-order valence-electron chi connectivity index (χ0n) is 25.4. The van der Waals surface area contributed by atoms with Gasteiger partial charge in [0, 0.05) is 36.8 Å². The first-order chi connectivity index (χ1) is 20.3. The molecule has 228 valence electrons. The number of halogens is 1. The van der Waals surface area contributed by atoms with Crippen LogP contribution in [0.15, 0.2) is 60.7 Å². The minimum absolute atomic E-state index is 0.0242. The van der Waals surface area contributed by atoms with Crippen LogP contribution in [0.3, 0.4) is 0 Å². The number of amides is 3. The fourth-order valence-electron chi connectivity index (χ4n) is 4.70. The zero-order chi connectivity index (χ0) is 31.3. The number of methoxy groups -OCH3 is 1. The number of ether oxygens (including phenoxy) is 3. The smallest absolute Gasteiger partial charge is 0.410 e. The van der Waals surface area contributed by atoms with E-state index in [0.29, 0.717) is 27.8 Å². The number of hydrogen-bond acceptors (Lipinski definition) is 6. The molecule has 0 radical (unpaired) electrons. The predicted octanol–water partition coefficient (Wildman–Crippen LogP) is 6.19. The summed E-state index contributed by atoms with van der Waals surface area (Å²) in [6, 6.07) is 17.6. The molecule has 1 heterocycles. The SMILES string of the molecule is COc1ccc(C2CN(C(=O)OC(C)(C)C)CCN2C(=O)C(=O)NCc2cc(Cl)ccc2Oc2ccc(C)c(C)c2)cc1. The maximum Gasteiger partial charge on any atom is 0.410 e. The second-order valence-electron chi connectivity index (χ2n) is 11.5. The summed E-state index contributed by atoms with van der Waals surface area (Å²) in [5, 5.41) is 3.20. The number of piperazine rings is 1. The van der Waals surface area contributed by atoms with Gasteiger partial charge in [-0.15, -0.1) is 0 Å². The Morgan fingerprint density at radius 3 is 2.28 bits per heavy atom. The van der Waals surface area contributed by atoms with Crippen LogP contribution in [0.4, 0.5) is 4.79 Å². The zero-order valence-corrected chi connectivity index (χ0v) is 26.2. The van der Waals surface area contributed by atoms with Gasteiger partial charge in [0.1, 0.15) is 22.8 Å². The minimum Gasteiger partial charge on any atom is -0.497 e. The van der Waals surface area contributed by atoms with E-state index in [0.717, 1.165) is 16.7 Å². The number of nitrogens with zero attached hydrogens (tertiary/aromatic N) is 2. The maximum atomic E-state index is 13.5. The van der Waals surface area contributed by atoms with E-state index in [1.807, 2.05) is 44.2 Å². The van der Waals surface area contributed by atoms with Gasteiger partial charge in [0.2, 0.25) is 0 Å². The molecule has 1 unspecified atom stereocenters. The molecule has 1 fully saturated rings. The molecule has 0 saturated carbocycles. The van der Waals surface area contributed by atoms with Crippen molar-refractivity contribution >= 4 is 29.5 Å². The van der Waals surface area contributed by atoms with Gasteiger partial charge in [-0.25, -0.2) is 4.79 Å². The lowest BCUT2D eigenvalue weighted by Gasteiger charge is -2.41. The molecule has 1 atom stereocenters. The van der Waals surface area contributed by atoms with Crippen molar-refractivity contribution in [1.29, 1.82) is 0 Å². The van der Waals surface area contributed by atoms with Crippen LogP contribution in [0, 0.1) is 13.8 Å². The fourth-order valence-corrected chi connectivity index (χ4v) is 4.90. The highest BCUT2D eigenvalue weighted by Crippen LogP contribution is 2.30. The van der Waals surface area contributed by atoms with Crippen LogP contribution in [-0.2, 0) is 20.9 Å². The van der Waals surface area contributed by atoms with Crippen LogP contribution in [-0.4, -0.2) is 60.1 Å². The van der Waals surface area contributed by atoms with Crippen molar-refractivity contribution in [3.63, 3.8) is 0 Å². The highest BCUT2D eigenvalue weighted by Gasteiger charge is 2.37. The Labute approximate surface area is 257 Å². The molecule has 1 aliphatic heterocycles. The van der Waals surface area contributed by atoms with Gasteiger partial charge >= 0.3 is 17.9 Å². The Morgan fingerprint density at radius 2 is 1.63 bits per heavy atom. The molecular formula is C33H38ClN3O6. The maximum absolute atomic E-state index is 13.5. The first-order valence-electron chi connectivity index (χ1n) is 14.1. The monoisotopic (exact) mass is 607 g/mol. The van der Waals surface area contributed by atoms with E-state index in [-0.39, 0.29) is 26.2 Å². The molecule has 0 aromatic heterocycles. The van der Waals surface area contributed by atoms with Gasteiger partial charge < -0.3 is 29.3 Å². The van der Waals surface area contributed by atoms with E-state index in [9.17, 15) is 14.4 Å². The molecule has 3 aromatic carbocycles. The van der Waals surface area contributed by atoms with Gasteiger partial charge in [0.25, 0.3) is 0 Å². The molecule has 9 nitrogen and oxygen atoms in total. The van der Waals surface area contributed by atoms with Crippen LogP contribution >= 0.6 is 11.6 Å². The Hall–Kier alpha value is -4.24. The van der Waals surface area contributed by atoms with Gasteiger partial charge in [-0.3, -0.25) is 9.59 Å². The van der Waals surface area contributed by atoms with Crippen LogP contribution in [0.5, 0.6) is 17.2 Å². The molecule has 10 heteroatoms. The third-order valence-corrected chi connectivity index (χ3v) is 7.39. The molecule has 43 heavy (non-hydrogen) atoms. The highest BCUT2D eigenvalue weighted by atomic mass is 35.5. The molecule has 1 saturated heterocycles. The van der Waals surface area contributed by atoms with E-state index in [1.54, 1.807) is 63.1 Å². The summed E-state index contributed by atoms with van der Waals surface area (Å²) in [6.07, 6.45) is -0.472. The molecule has 3 aromatic rings. The minimum atomic E-state index is -0.777. The van der Waals surface area contributed by atoms with Crippen molar-refractivity contribution < 1.29 is 28.6 Å². The first kappa shape index (κ1) is 31.7. The van der Waals surface area contributed by atoms with E-state index in [1.165, 1.54) is 4.90 Å². The van der Waals surface area contributed by atoms with Crippen LogP contribution in [0.2, 0.25) is 5.02 Å². The van der Waals surface area contributed by atoms with Crippen molar-refractivity contribution in [3.8, 4) is 17.2 Å². The second-order valence-corrected chi connectivity index (χ2v) is 11.9. The number of rotatable bonds is 6. The normalized spacial score (nSPS) is 15.1. The number of aryl methyl sites for hydroxylation is 2. The number of benzene rings is 3. The van der Waals surface area contributed by atoms with Crippen molar-refractivity contribution in [2.45, 2.75) is 52.8 Å². The van der Waals surface area contributed by atoms with Crippen molar-refractivity contribution in [3.05, 3.63) is 87.9 Å². The molecule has 1 N–H and O–H groups in total.